The molecule has 0 aliphatic carbocycles. The summed E-state index contributed by atoms with van der Waals surface area (Å²) in [5.74, 6) is -0.253. The second kappa shape index (κ2) is 16.8. The summed E-state index contributed by atoms with van der Waals surface area (Å²) >= 11 is 0.622. The molecule has 2 amide bonds. The third-order valence-corrected chi connectivity index (χ3v) is 14.1. The van der Waals surface area contributed by atoms with Gasteiger partial charge >= 0.3 is 26.6 Å². The van der Waals surface area contributed by atoms with Crippen molar-refractivity contribution in [2.24, 2.45) is 0 Å². The number of nitrogen functional groups attached to an aromatic ring is 1. The predicted octanol–water partition coefficient (Wildman–Crippen LogP) is 4.43. The molecule has 2 aromatic heterocycles. The number of esters is 1. The molecule has 1 unspecified atom stereocenters. The van der Waals surface area contributed by atoms with Crippen molar-refractivity contribution in [1.82, 2.24) is 29.7 Å². The van der Waals surface area contributed by atoms with Crippen LogP contribution < -0.4 is 20.5 Å². The molecule has 0 saturated carbocycles. The Morgan fingerprint density at radius 1 is 1.00 bits per heavy atom. The van der Waals surface area contributed by atoms with Crippen LogP contribution in [0, 0.1) is 0 Å². The molecular formula is C34H35F2N7O13P2S. The minimum atomic E-state index is -5.21. The van der Waals surface area contributed by atoms with Crippen LogP contribution in [0.15, 0.2) is 73.5 Å². The van der Waals surface area contributed by atoms with Crippen LogP contribution in [-0.2, 0) is 42.5 Å². The van der Waals surface area contributed by atoms with Crippen molar-refractivity contribution in [3.8, 4) is 11.5 Å². The Bertz CT molecular complexity index is 2350. The van der Waals surface area contributed by atoms with E-state index < -0.39 is 89.0 Å². The molecule has 4 aliphatic rings. The standard InChI is InChI=1S/C34H35F2N7O13P2S/c1-49-21-6-3-2-5-20(21)33(44)52-19-9-7-18(8-10-19)15-59-58(48)51-14-23-27(25(36)31(54-23)42-12-4-11-38-34(42)45)55-57(46,47)50-13-22-24(35)28(56-58)32(53-22)43-17-41-26-29(37)39-16-40-30(26)43/h2-10,12,16-17,22-25,27-28,31-32H,11,13-15H2,1H3,(H,38,45)(H,46,47)(H2,37,39,40)/t22-,23-,24-,25-,27-,28-,31-,32-,58+/m1/s1. The lowest BCUT2D eigenvalue weighted by Crippen LogP contribution is -2.49. The summed E-state index contributed by atoms with van der Waals surface area (Å²) < 4.78 is 107. The molecule has 3 fully saturated rings. The summed E-state index contributed by atoms with van der Waals surface area (Å²) in [5, 5.41) is 2.50. The number of imidazole rings is 1. The number of carbonyl (C=O) groups is 2. The van der Waals surface area contributed by atoms with Gasteiger partial charge in [0.2, 0.25) is 0 Å². The van der Waals surface area contributed by atoms with Crippen molar-refractivity contribution in [2.75, 3.05) is 32.6 Å². The van der Waals surface area contributed by atoms with Crippen molar-refractivity contribution < 1.29 is 69.4 Å². The number of para-hydroxylation sites is 1. The molecule has 0 spiro atoms. The summed E-state index contributed by atoms with van der Waals surface area (Å²) in [4.78, 5) is 49.3. The number of phosphoric acid groups is 1. The van der Waals surface area contributed by atoms with Gasteiger partial charge in [-0.2, -0.15) is 0 Å². The van der Waals surface area contributed by atoms with E-state index in [2.05, 4.69) is 20.3 Å². The van der Waals surface area contributed by atoms with Crippen LogP contribution in [0.25, 0.3) is 11.2 Å². The topological polar surface area (TPSA) is 247 Å². The Morgan fingerprint density at radius 2 is 1.76 bits per heavy atom. The number of anilines is 1. The van der Waals surface area contributed by atoms with Crippen molar-refractivity contribution in [3.63, 3.8) is 0 Å². The van der Waals surface area contributed by atoms with E-state index in [0.29, 0.717) is 22.7 Å². The van der Waals surface area contributed by atoms with Crippen molar-refractivity contribution in [2.45, 2.75) is 55.0 Å². The van der Waals surface area contributed by atoms with Gasteiger partial charge in [-0.05, 0) is 47.3 Å². The van der Waals surface area contributed by atoms with Gasteiger partial charge < -0.3 is 34.9 Å². The number of alkyl halides is 2. The summed E-state index contributed by atoms with van der Waals surface area (Å²) in [6.45, 7) is -6.18. The molecule has 20 nitrogen and oxygen atoms in total. The highest BCUT2D eigenvalue weighted by molar-refractivity contribution is 8.54. The average molecular weight is 882 g/mol. The fraction of sp³-hybridized carbons (Fsp3) is 0.382. The van der Waals surface area contributed by atoms with E-state index in [1.54, 1.807) is 36.4 Å². The number of halogens is 2. The van der Waals surface area contributed by atoms with E-state index >= 15 is 8.78 Å². The molecule has 4 aromatic rings. The molecular weight excluding hydrogens is 846 g/mol. The number of methoxy groups -OCH3 is 1. The minimum absolute atomic E-state index is 0.000317. The number of carbonyl (C=O) groups excluding carboxylic acids is 2. The fourth-order valence-electron chi connectivity index (χ4n) is 6.62. The van der Waals surface area contributed by atoms with Gasteiger partial charge in [0.05, 0.1) is 26.7 Å². The maximum Gasteiger partial charge on any atom is 0.472 e. The van der Waals surface area contributed by atoms with Crippen LogP contribution in [0.2, 0.25) is 0 Å². The monoisotopic (exact) mass is 881 g/mol. The van der Waals surface area contributed by atoms with E-state index in [4.69, 9.17) is 42.8 Å². The quantitative estimate of drug-likeness (QED) is 0.126. The number of aromatic nitrogens is 4. The van der Waals surface area contributed by atoms with Crippen LogP contribution in [0.5, 0.6) is 11.5 Å². The summed E-state index contributed by atoms with van der Waals surface area (Å²) in [5.41, 5.74) is 6.93. The number of urea groups is 1. The van der Waals surface area contributed by atoms with E-state index in [1.807, 2.05) is 0 Å². The summed E-state index contributed by atoms with van der Waals surface area (Å²) in [6, 6.07) is 12.0. The van der Waals surface area contributed by atoms with Gasteiger partial charge in [0.1, 0.15) is 53.3 Å². The molecule has 3 saturated heterocycles. The van der Waals surface area contributed by atoms with Crippen LogP contribution in [0.3, 0.4) is 0 Å². The number of ether oxygens (including phenoxy) is 4. The van der Waals surface area contributed by atoms with Gasteiger partial charge in [-0.15, -0.1) is 0 Å². The number of hydrogen-bond donors (Lipinski definition) is 3. The average Bonchev–Trinajstić information content (AvgIpc) is 3.89. The Hall–Kier alpha value is -4.54. The lowest BCUT2D eigenvalue weighted by molar-refractivity contribution is -0.0655. The third-order valence-electron chi connectivity index (χ3n) is 9.49. The first-order valence-corrected chi connectivity index (χ1v) is 22.4. The molecule has 4 N–H and O–H groups in total. The number of fused-ring (bicyclic) bond motifs is 4. The zero-order chi connectivity index (χ0) is 41.5. The molecule has 25 heteroatoms. The third kappa shape index (κ3) is 8.58. The zero-order valence-electron chi connectivity index (χ0n) is 30.6. The molecule has 2 aromatic carbocycles. The van der Waals surface area contributed by atoms with Gasteiger partial charge in [-0.1, -0.05) is 24.3 Å². The van der Waals surface area contributed by atoms with Gasteiger partial charge in [0, 0.05) is 18.5 Å². The Balaban J connectivity index is 1.08. The van der Waals surface area contributed by atoms with Crippen LogP contribution >= 0.6 is 26.0 Å². The lowest BCUT2D eigenvalue weighted by Gasteiger charge is -2.29. The molecule has 59 heavy (non-hydrogen) atoms. The number of hydrogen-bond acceptors (Lipinski definition) is 17. The number of benzene rings is 2. The summed E-state index contributed by atoms with van der Waals surface area (Å²) in [7, 11) is -3.79. The maximum atomic E-state index is 16.5. The van der Waals surface area contributed by atoms with Gasteiger partial charge in [-0.3, -0.25) is 27.6 Å². The molecule has 10 atom stereocenters. The molecule has 2 bridgehead atoms. The van der Waals surface area contributed by atoms with Crippen molar-refractivity contribution in [3.05, 3.63) is 84.6 Å². The van der Waals surface area contributed by atoms with E-state index in [0.717, 1.165) is 11.2 Å². The van der Waals surface area contributed by atoms with Crippen molar-refractivity contribution >= 4 is 55.0 Å². The Kier molecular flexibility index (Phi) is 11.8. The fourth-order valence-corrected chi connectivity index (χ4v) is 10.9. The first kappa shape index (κ1) is 41.2. The summed E-state index contributed by atoms with van der Waals surface area (Å²) in [6.07, 6.45) is -9.37. The Morgan fingerprint density at radius 3 is 2.54 bits per heavy atom. The normalized spacial score (nSPS) is 32.4. The predicted molar refractivity (Wildman–Crippen MR) is 201 cm³/mol. The second-order valence-corrected chi connectivity index (χ2v) is 18.7. The number of nitrogens with one attached hydrogen (secondary N) is 1. The highest BCUT2D eigenvalue weighted by atomic mass is 32.7. The second-order valence-electron chi connectivity index (χ2n) is 13.2. The molecule has 0 radical (unpaired) electrons. The Labute approximate surface area is 337 Å². The number of nitrogens with two attached hydrogens (primary N) is 1. The number of rotatable bonds is 8. The highest BCUT2D eigenvalue weighted by Gasteiger charge is 2.56. The highest BCUT2D eigenvalue weighted by Crippen LogP contribution is 2.65. The van der Waals surface area contributed by atoms with Gasteiger partial charge in [0.15, 0.2) is 36.3 Å². The number of nitrogens with zero attached hydrogens (tertiary/aromatic N) is 5. The van der Waals surface area contributed by atoms with Crippen LogP contribution in [-0.4, -0.2) is 111 Å². The molecule has 314 valence electrons. The van der Waals surface area contributed by atoms with Gasteiger partial charge in [-0.25, -0.2) is 42.5 Å². The number of amides is 2. The minimum Gasteiger partial charge on any atom is -0.496 e. The van der Waals surface area contributed by atoms with E-state index in [1.165, 1.54) is 42.4 Å². The SMILES string of the molecule is COc1ccccc1C(=O)Oc1ccc(CS[P@@]2(=O)OC[C@H]3O[C@@H](N4C=CCNC4=O)[C@H](F)[C@@H]3OP(=O)(O)OC[C@H]3O[C@@H](n4cnc5c(N)ncnc54)[C@H](O2)[C@@H]3F)cc1. The first-order valence-electron chi connectivity index (χ1n) is 17.8. The smallest absolute Gasteiger partial charge is 0.472 e. The molecule has 8 rings (SSSR count). The zero-order valence-corrected chi connectivity index (χ0v) is 33.2. The van der Waals surface area contributed by atoms with E-state index in [-0.39, 0.29) is 40.6 Å². The van der Waals surface area contributed by atoms with E-state index in [9.17, 15) is 23.6 Å². The van der Waals surface area contributed by atoms with Crippen LogP contribution in [0.1, 0.15) is 22.1 Å². The number of phosphoric ester groups is 1. The lowest BCUT2D eigenvalue weighted by atomic mass is 10.1. The first-order chi connectivity index (χ1) is 28.3. The van der Waals surface area contributed by atoms with Crippen molar-refractivity contribution in [1.29, 1.82) is 0 Å². The van der Waals surface area contributed by atoms with Gasteiger partial charge in [0.25, 0.3) is 0 Å². The molecule has 4 aliphatic heterocycles. The molecule has 6 heterocycles. The largest absolute Gasteiger partial charge is 0.496 e. The van der Waals surface area contributed by atoms with Crippen LogP contribution in [0.4, 0.5) is 19.4 Å². The maximum absolute atomic E-state index is 16.5.